The average Bonchev–Trinajstić information content (AvgIpc) is 2.53. The van der Waals surface area contributed by atoms with E-state index in [0.29, 0.717) is 6.04 Å². The Hall–Kier alpha value is -1.38. The van der Waals surface area contributed by atoms with Crippen molar-refractivity contribution in [2.45, 2.75) is 39.2 Å². The van der Waals surface area contributed by atoms with Gasteiger partial charge in [0.1, 0.15) is 0 Å². The Morgan fingerprint density at radius 1 is 1.00 bits per heavy atom. The van der Waals surface area contributed by atoms with Gasteiger partial charge < -0.3 is 10.1 Å². The fourth-order valence-corrected chi connectivity index (χ4v) is 2.44. The summed E-state index contributed by atoms with van der Waals surface area (Å²) >= 11 is 0. The molecule has 1 unspecified atom stereocenters. The molecule has 0 bridgehead atoms. The minimum atomic E-state index is 0.380. The van der Waals surface area contributed by atoms with E-state index < -0.39 is 0 Å². The summed E-state index contributed by atoms with van der Waals surface area (Å²) in [5.41, 5.74) is 1.35. The molecule has 0 radical (unpaired) electrons. The number of rotatable bonds is 9. The van der Waals surface area contributed by atoms with Gasteiger partial charge in [0.15, 0.2) is 0 Å². The number of ether oxygens (including phenoxy) is 1. The number of unbranched alkanes of at least 4 members (excludes halogenated alkanes) is 1. The molecule has 2 aromatic carbocycles. The quantitative estimate of drug-likeness (QED) is 0.674. The first kappa shape index (κ1) is 16.0. The summed E-state index contributed by atoms with van der Waals surface area (Å²) in [7, 11) is 0. The Bertz CT molecular complexity index is 538. The monoisotopic (exact) mass is 285 g/mol. The van der Waals surface area contributed by atoms with Crippen molar-refractivity contribution in [2.24, 2.45) is 0 Å². The highest BCUT2D eigenvalue weighted by Gasteiger charge is 2.05. The molecule has 0 fully saturated rings. The Labute approximate surface area is 128 Å². The molecule has 2 heteroatoms. The van der Waals surface area contributed by atoms with E-state index in [1.54, 1.807) is 0 Å². The predicted octanol–water partition coefficient (Wildman–Crippen LogP) is 4.70. The highest BCUT2D eigenvalue weighted by Crippen LogP contribution is 2.20. The van der Waals surface area contributed by atoms with E-state index >= 15 is 0 Å². The van der Waals surface area contributed by atoms with Gasteiger partial charge in [0.2, 0.25) is 0 Å². The Kier molecular flexibility index (Phi) is 6.71. The molecule has 0 aliphatic carbocycles. The second-order valence-corrected chi connectivity index (χ2v) is 5.60. The van der Waals surface area contributed by atoms with Crippen LogP contribution in [0.2, 0.25) is 0 Å². The molecule has 0 heterocycles. The van der Waals surface area contributed by atoms with Crippen LogP contribution in [0, 0.1) is 0 Å². The zero-order valence-corrected chi connectivity index (χ0v) is 13.3. The first-order chi connectivity index (χ1) is 10.3. The molecule has 0 amide bonds. The second-order valence-electron chi connectivity index (χ2n) is 5.60. The van der Waals surface area contributed by atoms with Gasteiger partial charge in [-0.15, -0.1) is 0 Å². The van der Waals surface area contributed by atoms with Gasteiger partial charge in [-0.25, -0.2) is 0 Å². The standard InChI is InChI=1S/C19H27NO/c1-3-4-13-21-14-7-12-20-16(2)18-11-10-17-8-5-6-9-19(17)15-18/h5-6,8-11,15-16,20H,3-4,7,12-14H2,1-2H3. The summed E-state index contributed by atoms with van der Waals surface area (Å²) in [6.07, 6.45) is 3.44. The molecule has 2 rings (SSSR count). The van der Waals surface area contributed by atoms with E-state index in [1.807, 2.05) is 0 Å². The molecule has 0 aliphatic rings. The van der Waals surface area contributed by atoms with Gasteiger partial charge in [0.05, 0.1) is 0 Å². The van der Waals surface area contributed by atoms with Crippen molar-refractivity contribution >= 4 is 10.8 Å². The molecule has 0 saturated carbocycles. The van der Waals surface area contributed by atoms with E-state index in [-0.39, 0.29) is 0 Å². The third kappa shape index (κ3) is 5.14. The van der Waals surface area contributed by atoms with Gasteiger partial charge in [-0.1, -0.05) is 49.7 Å². The molecule has 0 aromatic heterocycles. The summed E-state index contributed by atoms with van der Waals surface area (Å²) < 4.78 is 5.58. The maximum absolute atomic E-state index is 5.58. The molecule has 1 N–H and O–H groups in total. The average molecular weight is 285 g/mol. The number of fused-ring (bicyclic) bond motifs is 1. The molecule has 21 heavy (non-hydrogen) atoms. The third-order valence-corrected chi connectivity index (χ3v) is 3.83. The summed E-state index contributed by atoms with van der Waals surface area (Å²) in [6, 6.07) is 15.6. The molecule has 2 aromatic rings. The highest BCUT2D eigenvalue weighted by molar-refractivity contribution is 5.83. The normalized spacial score (nSPS) is 12.7. The molecule has 2 nitrogen and oxygen atoms in total. The van der Waals surface area contributed by atoms with Crippen LogP contribution in [-0.4, -0.2) is 19.8 Å². The topological polar surface area (TPSA) is 21.3 Å². The zero-order chi connectivity index (χ0) is 14.9. The van der Waals surface area contributed by atoms with Gasteiger partial charge in [0, 0.05) is 19.3 Å². The first-order valence-electron chi connectivity index (χ1n) is 8.11. The molecule has 0 aliphatic heterocycles. The summed E-state index contributed by atoms with van der Waals surface area (Å²) in [5.74, 6) is 0. The van der Waals surface area contributed by atoms with E-state index in [0.717, 1.165) is 26.2 Å². The van der Waals surface area contributed by atoms with Crippen LogP contribution < -0.4 is 5.32 Å². The van der Waals surface area contributed by atoms with Crippen molar-refractivity contribution in [2.75, 3.05) is 19.8 Å². The number of nitrogens with one attached hydrogen (secondary N) is 1. The zero-order valence-electron chi connectivity index (χ0n) is 13.3. The molecular formula is C19H27NO. The third-order valence-electron chi connectivity index (χ3n) is 3.83. The molecule has 0 spiro atoms. The highest BCUT2D eigenvalue weighted by atomic mass is 16.5. The van der Waals surface area contributed by atoms with Crippen molar-refractivity contribution in [3.05, 3.63) is 48.0 Å². The number of hydrogen-bond acceptors (Lipinski definition) is 2. The summed E-state index contributed by atoms with van der Waals surface area (Å²) in [6.45, 7) is 7.17. The smallest absolute Gasteiger partial charge is 0.0478 e. The maximum Gasteiger partial charge on any atom is 0.0478 e. The van der Waals surface area contributed by atoms with Crippen LogP contribution >= 0.6 is 0 Å². The summed E-state index contributed by atoms with van der Waals surface area (Å²) in [4.78, 5) is 0. The van der Waals surface area contributed by atoms with E-state index in [4.69, 9.17) is 4.74 Å². The SMILES string of the molecule is CCCCOCCCNC(C)c1ccc2ccccc2c1. The van der Waals surface area contributed by atoms with Gasteiger partial charge in [-0.05, 0) is 48.7 Å². The van der Waals surface area contributed by atoms with Crippen molar-refractivity contribution in [3.63, 3.8) is 0 Å². The minimum Gasteiger partial charge on any atom is -0.381 e. The lowest BCUT2D eigenvalue weighted by Crippen LogP contribution is -2.21. The van der Waals surface area contributed by atoms with Crippen molar-refractivity contribution in [1.29, 1.82) is 0 Å². The predicted molar refractivity (Wildman–Crippen MR) is 90.7 cm³/mol. The molecule has 1 atom stereocenters. The molecule has 0 saturated heterocycles. The van der Waals surface area contributed by atoms with Crippen LogP contribution in [0.5, 0.6) is 0 Å². The second kappa shape index (κ2) is 8.81. The lowest BCUT2D eigenvalue weighted by atomic mass is 10.0. The fraction of sp³-hybridized carbons (Fsp3) is 0.474. The van der Waals surface area contributed by atoms with Crippen LogP contribution in [0.4, 0.5) is 0 Å². The van der Waals surface area contributed by atoms with Gasteiger partial charge in [0.25, 0.3) is 0 Å². The largest absolute Gasteiger partial charge is 0.381 e. The lowest BCUT2D eigenvalue weighted by molar-refractivity contribution is 0.128. The van der Waals surface area contributed by atoms with E-state index in [2.05, 4.69) is 61.6 Å². The number of benzene rings is 2. The maximum atomic E-state index is 5.58. The van der Waals surface area contributed by atoms with E-state index in [9.17, 15) is 0 Å². The summed E-state index contributed by atoms with van der Waals surface area (Å²) in [5, 5.41) is 6.19. The first-order valence-corrected chi connectivity index (χ1v) is 8.11. The Morgan fingerprint density at radius 3 is 2.57 bits per heavy atom. The molecule has 114 valence electrons. The van der Waals surface area contributed by atoms with Crippen LogP contribution in [0.25, 0.3) is 10.8 Å². The van der Waals surface area contributed by atoms with E-state index in [1.165, 1.54) is 29.2 Å². The molecular weight excluding hydrogens is 258 g/mol. The minimum absolute atomic E-state index is 0.380. The van der Waals surface area contributed by atoms with Crippen LogP contribution in [0.3, 0.4) is 0 Å². The van der Waals surface area contributed by atoms with Gasteiger partial charge in [-0.3, -0.25) is 0 Å². The van der Waals surface area contributed by atoms with Gasteiger partial charge in [-0.2, -0.15) is 0 Å². The van der Waals surface area contributed by atoms with Crippen molar-refractivity contribution < 1.29 is 4.74 Å². The Morgan fingerprint density at radius 2 is 1.76 bits per heavy atom. The van der Waals surface area contributed by atoms with Crippen LogP contribution in [-0.2, 0) is 4.74 Å². The van der Waals surface area contributed by atoms with Crippen molar-refractivity contribution in [1.82, 2.24) is 5.32 Å². The van der Waals surface area contributed by atoms with Crippen LogP contribution in [0.1, 0.15) is 44.7 Å². The fourth-order valence-electron chi connectivity index (χ4n) is 2.44. The van der Waals surface area contributed by atoms with Crippen LogP contribution in [0.15, 0.2) is 42.5 Å². The number of hydrogen-bond donors (Lipinski definition) is 1. The Balaban J connectivity index is 1.75. The van der Waals surface area contributed by atoms with Gasteiger partial charge >= 0.3 is 0 Å². The van der Waals surface area contributed by atoms with Crippen molar-refractivity contribution in [3.8, 4) is 0 Å². The lowest BCUT2D eigenvalue weighted by Gasteiger charge is -2.15.